The summed E-state index contributed by atoms with van der Waals surface area (Å²) >= 11 is 4.86. The number of carbonyl (C=O) groups is 1. The SMILES string of the molecule is COc1ccc(C[C@@H]2SC(=Nc3ccc(Br)cc3)NC2=O)cc1. The Hall–Kier alpha value is -1.79. The summed E-state index contributed by atoms with van der Waals surface area (Å²) in [6.45, 7) is 0. The molecule has 1 aliphatic rings. The summed E-state index contributed by atoms with van der Waals surface area (Å²) in [5, 5.41) is 3.34. The molecule has 0 radical (unpaired) electrons. The van der Waals surface area contributed by atoms with E-state index in [-0.39, 0.29) is 11.2 Å². The van der Waals surface area contributed by atoms with Crippen LogP contribution >= 0.6 is 27.7 Å². The Morgan fingerprint density at radius 2 is 1.87 bits per heavy atom. The Balaban J connectivity index is 1.68. The lowest BCUT2D eigenvalue weighted by molar-refractivity contribution is -0.118. The molecule has 1 heterocycles. The zero-order valence-corrected chi connectivity index (χ0v) is 14.9. The van der Waals surface area contributed by atoms with Crippen molar-refractivity contribution in [3.63, 3.8) is 0 Å². The molecule has 1 amide bonds. The number of ether oxygens (including phenoxy) is 1. The van der Waals surface area contributed by atoms with E-state index in [4.69, 9.17) is 4.74 Å². The molecule has 0 spiro atoms. The lowest BCUT2D eigenvalue weighted by atomic mass is 10.1. The lowest BCUT2D eigenvalue weighted by Crippen LogP contribution is -2.25. The highest BCUT2D eigenvalue weighted by Crippen LogP contribution is 2.26. The van der Waals surface area contributed by atoms with E-state index in [2.05, 4.69) is 26.2 Å². The monoisotopic (exact) mass is 390 g/mol. The minimum Gasteiger partial charge on any atom is -0.497 e. The molecule has 1 N–H and O–H groups in total. The van der Waals surface area contributed by atoms with Gasteiger partial charge in [0, 0.05) is 4.47 Å². The van der Waals surface area contributed by atoms with E-state index in [1.165, 1.54) is 11.8 Å². The summed E-state index contributed by atoms with van der Waals surface area (Å²) < 4.78 is 6.15. The smallest absolute Gasteiger partial charge is 0.239 e. The van der Waals surface area contributed by atoms with Crippen molar-refractivity contribution in [2.24, 2.45) is 4.99 Å². The first-order valence-corrected chi connectivity index (χ1v) is 8.76. The number of methoxy groups -OCH3 is 1. The summed E-state index contributed by atoms with van der Waals surface area (Å²) in [5.41, 5.74) is 1.92. The fourth-order valence-electron chi connectivity index (χ4n) is 2.20. The van der Waals surface area contributed by atoms with Crippen LogP contribution in [0.15, 0.2) is 58.0 Å². The van der Waals surface area contributed by atoms with E-state index < -0.39 is 0 Å². The molecule has 1 atom stereocenters. The molecular formula is C17H15BrN2O2S. The van der Waals surface area contributed by atoms with E-state index in [1.807, 2.05) is 48.5 Å². The van der Waals surface area contributed by atoms with Gasteiger partial charge in [-0.15, -0.1) is 0 Å². The predicted molar refractivity (Wildman–Crippen MR) is 97.5 cm³/mol. The number of hydrogen-bond donors (Lipinski definition) is 1. The Kier molecular flexibility index (Phi) is 5.03. The number of halogens is 1. The van der Waals surface area contributed by atoms with Crippen LogP contribution in [0.4, 0.5) is 5.69 Å². The summed E-state index contributed by atoms with van der Waals surface area (Å²) in [4.78, 5) is 16.6. The van der Waals surface area contributed by atoms with Crippen LogP contribution in [-0.2, 0) is 11.2 Å². The first-order chi connectivity index (χ1) is 11.1. The van der Waals surface area contributed by atoms with E-state index >= 15 is 0 Å². The molecule has 3 rings (SSSR count). The van der Waals surface area contributed by atoms with Gasteiger partial charge in [0.05, 0.1) is 18.0 Å². The molecule has 0 bridgehead atoms. The summed E-state index contributed by atoms with van der Waals surface area (Å²) in [6.07, 6.45) is 0.667. The van der Waals surface area contributed by atoms with Crippen molar-refractivity contribution in [1.29, 1.82) is 0 Å². The zero-order valence-electron chi connectivity index (χ0n) is 12.5. The number of rotatable bonds is 4. The average molecular weight is 391 g/mol. The second kappa shape index (κ2) is 7.19. The van der Waals surface area contributed by atoms with Crippen molar-refractivity contribution in [3.8, 4) is 5.75 Å². The van der Waals surface area contributed by atoms with Crippen molar-refractivity contribution < 1.29 is 9.53 Å². The average Bonchev–Trinajstić information content (AvgIpc) is 2.90. The maximum Gasteiger partial charge on any atom is 0.239 e. The largest absolute Gasteiger partial charge is 0.497 e. The number of amides is 1. The van der Waals surface area contributed by atoms with Gasteiger partial charge in [-0.2, -0.15) is 0 Å². The fraction of sp³-hybridized carbons (Fsp3) is 0.176. The number of benzene rings is 2. The number of nitrogens with one attached hydrogen (secondary N) is 1. The van der Waals surface area contributed by atoms with Gasteiger partial charge in [0.2, 0.25) is 5.91 Å². The Labute approximate surface area is 147 Å². The van der Waals surface area contributed by atoms with Crippen LogP contribution in [-0.4, -0.2) is 23.4 Å². The van der Waals surface area contributed by atoms with Crippen LogP contribution in [0, 0.1) is 0 Å². The molecule has 1 aliphatic heterocycles. The zero-order chi connectivity index (χ0) is 16.2. The van der Waals surface area contributed by atoms with Gasteiger partial charge in [0.1, 0.15) is 5.75 Å². The third-order valence-corrected chi connectivity index (χ3v) is 5.02. The molecule has 1 saturated heterocycles. The molecule has 2 aromatic rings. The minimum atomic E-state index is -0.155. The molecule has 4 nitrogen and oxygen atoms in total. The molecule has 1 fully saturated rings. The van der Waals surface area contributed by atoms with Crippen LogP contribution in [0.3, 0.4) is 0 Å². The van der Waals surface area contributed by atoms with Gasteiger partial charge in [-0.05, 0) is 48.4 Å². The van der Waals surface area contributed by atoms with Crippen LogP contribution in [0.5, 0.6) is 5.75 Å². The van der Waals surface area contributed by atoms with Gasteiger partial charge in [-0.3, -0.25) is 4.79 Å². The highest BCUT2D eigenvalue weighted by Gasteiger charge is 2.30. The third-order valence-electron chi connectivity index (χ3n) is 3.41. The maximum atomic E-state index is 12.1. The number of hydrogen-bond acceptors (Lipinski definition) is 4. The Morgan fingerprint density at radius 3 is 2.52 bits per heavy atom. The summed E-state index contributed by atoms with van der Waals surface area (Å²) in [7, 11) is 1.64. The van der Waals surface area contributed by atoms with Crippen molar-refractivity contribution in [2.45, 2.75) is 11.7 Å². The molecular weight excluding hydrogens is 376 g/mol. The highest BCUT2D eigenvalue weighted by molar-refractivity contribution is 9.10. The quantitative estimate of drug-likeness (QED) is 0.860. The number of thioether (sulfide) groups is 1. The number of aliphatic imine (C=N–C) groups is 1. The van der Waals surface area contributed by atoms with E-state index in [9.17, 15) is 4.79 Å². The highest BCUT2D eigenvalue weighted by atomic mass is 79.9. The standard InChI is InChI=1S/C17H15BrN2O2S/c1-22-14-8-2-11(3-9-14)10-15-16(21)20-17(23-15)19-13-6-4-12(18)5-7-13/h2-9,15H,10H2,1H3,(H,19,20,21)/t15-/m0/s1. The fourth-order valence-corrected chi connectivity index (χ4v) is 3.49. The molecule has 2 aromatic carbocycles. The molecule has 118 valence electrons. The summed E-state index contributed by atoms with van der Waals surface area (Å²) in [6, 6.07) is 15.4. The van der Waals surface area contributed by atoms with Gasteiger partial charge >= 0.3 is 0 Å². The third kappa shape index (κ3) is 4.14. The van der Waals surface area contributed by atoms with Crippen LogP contribution < -0.4 is 10.1 Å². The number of amidine groups is 1. The number of carbonyl (C=O) groups excluding carboxylic acids is 1. The number of nitrogens with zero attached hydrogens (tertiary/aromatic N) is 1. The van der Waals surface area contributed by atoms with Gasteiger partial charge in [0.15, 0.2) is 5.17 Å². The normalized spacial score (nSPS) is 19.0. The molecule has 6 heteroatoms. The first-order valence-electron chi connectivity index (χ1n) is 7.09. The topological polar surface area (TPSA) is 50.7 Å². The molecule has 0 saturated carbocycles. The van der Waals surface area contributed by atoms with Gasteiger partial charge < -0.3 is 10.1 Å². The predicted octanol–water partition coefficient (Wildman–Crippen LogP) is 3.92. The molecule has 0 aliphatic carbocycles. The van der Waals surface area contributed by atoms with Crippen molar-refractivity contribution in [3.05, 3.63) is 58.6 Å². The van der Waals surface area contributed by atoms with E-state index in [0.717, 1.165) is 21.5 Å². The molecule has 0 aromatic heterocycles. The second-order valence-corrected chi connectivity index (χ2v) is 7.15. The lowest BCUT2D eigenvalue weighted by Gasteiger charge is -2.06. The molecule has 23 heavy (non-hydrogen) atoms. The van der Waals surface area contributed by atoms with E-state index in [0.29, 0.717) is 11.6 Å². The van der Waals surface area contributed by atoms with Crippen LogP contribution in [0.2, 0.25) is 0 Å². The van der Waals surface area contributed by atoms with E-state index in [1.54, 1.807) is 7.11 Å². The molecule has 0 unspecified atom stereocenters. The summed E-state index contributed by atoms with van der Waals surface area (Å²) in [5.74, 6) is 0.816. The van der Waals surface area contributed by atoms with Gasteiger partial charge in [-0.1, -0.05) is 39.8 Å². The van der Waals surface area contributed by atoms with Crippen molar-refractivity contribution >= 4 is 44.5 Å². The van der Waals surface area contributed by atoms with Crippen molar-refractivity contribution in [2.75, 3.05) is 7.11 Å². The van der Waals surface area contributed by atoms with Gasteiger partial charge in [-0.25, -0.2) is 4.99 Å². The second-order valence-electron chi connectivity index (χ2n) is 5.04. The Bertz CT molecular complexity index is 729. The maximum absolute atomic E-state index is 12.1. The Morgan fingerprint density at radius 1 is 1.17 bits per heavy atom. The van der Waals surface area contributed by atoms with Crippen molar-refractivity contribution in [1.82, 2.24) is 5.32 Å². The first kappa shape index (κ1) is 16.1. The van der Waals surface area contributed by atoms with Crippen LogP contribution in [0.1, 0.15) is 5.56 Å². The minimum absolute atomic E-state index is 0.00156. The van der Waals surface area contributed by atoms with Crippen LogP contribution in [0.25, 0.3) is 0 Å². The van der Waals surface area contributed by atoms with Gasteiger partial charge in [0.25, 0.3) is 0 Å².